The average Bonchev–Trinajstić information content (AvgIpc) is 2.56. The van der Waals surface area contributed by atoms with Crippen LogP contribution in [0.25, 0.3) is 0 Å². The Balaban J connectivity index is 2.26. The van der Waals surface area contributed by atoms with Crippen LogP contribution in [-0.2, 0) is 14.8 Å². The van der Waals surface area contributed by atoms with Crippen molar-refractivity contribution in [3.8, 4) is 0 Å². The van der Waals surface area contributed by atoms with Crippen molar-refractivity contribution in [2.75, 3.05) is 19.5 Å². The van der Waals surface area contributed by atoms with E-state index in [1.165, 1.54) is 0 Å². The molecule has 1 aliphatic carbocycles. The van der Waals surface area contributed by atoms with E-state index in [0.717, 1.165) is 25.7 Å². The lowest BCUT2D eigenvalue weighted by molar-refractivity contribution is 0.199. The molecule has 0 aliphatic heterocycles. The van der Waals surface area contributed by atoms with Gasteiger partial charge in [-0.05, 0) is 19.3 Å². The molecule has 4 nitrogen and oxygen atoms in total. The summed E-state index contributed by atoms with van der Waals surface area (Å²) in [5.41, 5.74) is 0. The van der Waals surface area contributed by atoms with E-state index in [2.05, 4.69) is 4.72 Å². The first-order valence-corrected chi connectivity index (χ1v) is 6.78. The first-order valence-electron chi connectivity index (χ1n) is 5.13. The predicted octanol–water partition coefficient (Wildman–Crippen LogP) is 0.885. The summed E-state index contributed by atoms with van der Waals surface area (Å²) in [5, 5.41) is 0. The average molecular weight is 221 g/mol. The second kappa shape index (κ2) is 5.68. The van der Waals surface area contributed by atoms with Crippen LogP contribution < -0.4 is 4.72 Å². The van der Waals surface area contributed by atoms with Crippen LogP contribution in [0.1, 0.15) is 32.1 Å². The van der Waals surface area contributed by atoms with Crippen LogP contribution >= 0.6 is 0 Å². The molecule has 0 bridgehead atoms. The van der Waals surface area contributed by atoms with Gasteiger partial charge in [0.25, 0.3) is 0 Å². The number of methoxy groups -OCH3 is 1. The highest BCUT2D eigenvalue weighted by atomic mass is 32.2. The molecule has 1 aliphatic rings. The van der Waals surface area contributed by atoms with Crippen LogP contribution in [0.4, 0.5) is 0 Å². The van der Waals surface area contributed by atoms with Gasteiger partial charge in [-0.25, -0.2) is 13.1 Å². The molecule has 0 spiro atoms. The SMILES string of the molecule is COCCCS(=O)(=O)NC1CCCC1. The monoisotopic (exact) mass is 221 g/mol. The van der Waals surface area contributed by atoms with E-state index in [4.69, 9.17) is 4.74 Å². The number of hydrogen-bond acceptors (Lipinski definition) is 3. The zero-order chi connectivity index (χ0) is 10.4. The van der Waals surface area contributed by atoms with Crippen molar-refractivity contribution in [2.45, 2.75) is 38.1 Å². The van der Waals surface area contributed by atoms with Crippen molar-refractivity contribution < 1.29 is 13.2 Å². The molecule has 84 valence electrons. The summed E-state index contributed by atoms with van der Waals surface area (Å²) in [6.45, 7) is 0.506. The van der Waals surface area contributed by atoms with E-state index < -0.39 is 10.0 Å². The molecule has 0 atom stereocenters. The van der Waals surface area contributed by atoms with E-state index >= 15 is 0 Å². The number of nitrogens with one attached hydrogen (secondary N) is 1. The molecule has 0 aromatic rings. The Kier molecular flexibility index (Phi) is 4.84. The summed E-state index contributed by atoms with van der Waals surface area (Å²) in [6, 6.07) is 0.183. The summed E-state index contributed by atoms with van der Waals surface area (Å²) in [4.78, 5) is 0. The first-order chi connectivity index (χ1) is 6.64. The van der Waals surface area contributed by atoms with Gasteiger partial charge in [0.05, 0.1) is 5.75 Å². The molecule has 0 unspecified atom stereocenters. The van der Waals surface area contributed by atoms with Gasteiger partial charge in [0.2, 0.25) is 10.0 Å². The normalized spacial score (nSPS) is 18.9. The number of ether oxygens (including phenoxy) is 1. The van der Waals surface area contributed by atoms with E-state index in [1.54, 1.807) is 7.11 Å². The van der Waals surface area contributed by atoms with Gasteiger partial charge in [0.15, 0.2) is 0 Å². The van der Waals surface area contributed by atoms with Crippen molar-refractivity contribution in [3.05, 3.63) is 0 Å². The molecular weight excluding hydrogens is 202 g/mol. The zero-order valence-corrected chi connectivity index (χ0v) is 9.48. The van der Waals surface area contributed by atoms with Gasteiger partial charge in [-0.15, -0.1) is 0 Å². The third kappa shape index (κ3) is 4.39. The van der Waals surface area contributed by atoms with Crippen LogP contribution in [0.2, 0.25) is 0 Å². The maximum Gasteiger partial charge on any atom is 0.211 e. The fraction of sp³-hybridized carbons (Fsp3) is 1.00. The smallest absolute Gasteiger partial charge is 0.211 e. The van der Waals surface area contributed by atoms with E-state index in [1.807, 2.05) is 0 Å². The number of rotatable bonds is 6. The van der Waals surface area contributed by atoms with Gasteiger partial charge in [-0.2, -0.15) is 0 Å². The summed E-state index contributed by atoms with van der Waals surface area (Å²) in [7, 11) is -1.49. The molecule has 5 heteroatoms. The minimum absolute atomic E-state index is 0.178. The number of sulfonamides is 1. The molecule has 0 aromatic carbocycles. The lowest BCUT2D eigenvalue weighted by Crippen LogP contribution is -2.34. The largest absolute Gasteiger partial charge is 0.385 e. The van der Waals surface area contributed by atoms with Crippen molar-refractivity contribution in [2.24, 2.45) is 0 Å². The number of hydrogen-bond donors (Lipinski definition) is 1. The van der Waals surface area contributed by atoms with E-state index in [9.17, 15) is 8.42 Å². The molecule has 0 heterocycles. The molecule has 0 aromatic heterocycles. The third-order valence-corrected chi connectivity index (χ3v) is 3.98. The van der Waals surface area contributed by atoms with Gasteiger partial charge in [-0.1, -0.05) is 12.8 Å². The molecule has 1 saturated carbocycles. The molecule has 0 radical (unpaired) electrons. The third-order valence-electron chi connectivity index (χ3n) is 2.46. The summed E-state index contributed by atoms with van der Waals surface area (Å²) in [6.07, 6.45) is 4.84. The van der Waals surface area contributed by atoms with Gasteiger partial charge >= 0.3 is 0 Å². The van der Waals surface area contributed by atoms with E-state index in [0.29, 0.717) is 13.0 Å². The highest BCUT2D eigenvalue weighted by Crippen LogP contribution is 2.18. The fourth-order valence-corrected chi connectivity index (χ4v) is 3.11. The van der Waals surface area contributed by atoms with Crippen molar-refractivity contribution in [3.63, 3.8) is 0 Å². The Morgan fingerprint density at radius 3 is 2.57 bits per heavy atom. The molecule has 0 amide bonds. The Morgan fingerprint density at radius 1 is 1.36 bits per heavy atom. The van der Waals surface area contributed by atoms with Crippen LogP contribution in [0.5, 0.6) is 0 Å². The zero-order valence-electron chi connectivity index (χ0n) is 8.66. The van der Waals surface area contributed by atoms with Crippen LogP contribution in [-0.4, -0.2) is 33.9 Å². The lowest BCUT2D eigenvalue weighted by atomic mass is 10.3. The van der Waals surface area contributed by atoms with Crippen LogP contribution in [0, 0.1) is 0 Å². The maximum atomic E-state index is 11.5. The molecule has 1 fully saturated rings. The predicted molar refractivity (Wildman–Crippen MR) is 55.7 cm³/mol. The topological polar surface area (TPSA) is 55.4 Å². The van der Waals surface area contributed by atoms with Crippen molar-refractivity contribution in [1.82, 2.24) is 4.72 Å². The summed E-state index contributed by atoms with van der Waals surface area (Å²) >= 11 is 0. The fourth-order valence-electron chi connectivity index (χ4n) is 1.75. The maximum absolute atomic E-state index is 11.5. The molecule has 1 rings (SSSR count). The van der Waals surface area contributed by atoms with Gasteiger partial charge in [0.1, 0.15) is 0 Å². The van der Waals surface area contributed by atoms with Gasteiger partial charge in [-0.3, -0.25) is 0 Å². The van der Waals surface area contributed by atoms with Crippen LogP contribution in [0.15, 0.2) is 0 Å². The minimum Gasteiger partial charge on any atom is -0.385 e. The highest BCUT2D eigenvalue weighted by Gasteiger charge is 2.20. The van der Waals surface area contributed by atoms with Crippen molar-refractivity contribution in [1.29, 1.82) is 0 Å². The Labute approximate surface area is 86.1 Å². The lowest BCUT2D eigenvalue weighted by Gasteiger charge is -2.11. The van der Waals surface area contributed by atoms with E-state index in [-0.39, 0.29) is 11.8 Å². The van der Waals surface area contributed by atoms with Crippen LogP contribution in [0.3, 0.4) is 0 Å². The Hall–Kier alpha value is -0.130. The second-order valence-electron chi connectivity index (χ2n) is 3.76. The molecule has 14 heavy (non-hydrogen) atoms. The quantitative estimate of drug-likeness (QED) is 0.678. The highest BCUT2D eigenvalue weighted by molar-refractivity contribution is 7.89. The molecule has 0 saturated heterocycles. The summed E-state index contributed by atoms with van der Waals surface area (Å²) in [5.74, 6) is 0.178. The Morgan fingerprint density at radius 2 is 2.00 bits per heavy atom. The second-order valence-corrected chi connectivity index (χ2v) is 5.64. The molecular formula is C9H19NO3S. The minimum atomic E-state index is -3.07. The standard InChI is InChI=1S/C9H19NO3S/c1-13-7-4-8-14(11,12)10-9-5-2-3-6-9/h9-10H,2-8H2,1H3. The summed E-state index contributed by atoms with van der Waals surface area (Å²) < 4.78 is 30.5. The van der Waals surface area contributed by atoms with Crippen molar-refractivity contribution >= 4 is 10.0 Å². The Bertz CT molecular complexity index is 245. The first kappa shape index (κ1) is 11.9. The van der Waals surface area contributed by atoms with Gasteiger partial charge in [0, 0.05) is 19.8 Å². The van der Waals surface area contributed by atoms with Gasteiger partial charge < -0.3 is 4.74 Å². The molecule has 1 N–H and O–H groups in total.